The molecule has 6 unspecified atom stereocenters. The van der Waals surface area contributed by atoms with Gasteiger partial charge in [0.1, 0.15) is 6.17 Å². The van der Waals surface area contributed by atoms with Gasteiger partial charge < -0.3 is 0 Å². The Morgan fingerprint density at radius 2 is 1.83 bits per heavy atom. The predicted octanol–water partition coefficient (Wildman–Crippen LogP) is 3.01. The lowest BCUT2D eigenvalue weighted by molar-refractivity contribution is -0.0601. The molecule has 6 atom stereocenters. The Bertz CT molecular complexity index is 315. The van der Waals surface area contributed by atoms with Gasteiger partial charge in [-0.1, -0.05) is 34.6 Å². The minimum atomic E-state index is 0.195. The van der Waals surface area contributed by atoms with E-state index in [1.165, 1.54) is 12.8 Å². The number of nitrogens with zero attached hydrogens (tertiary/aromatic N) is 2. The van der Waals surface area contributed by atoms with Gasteiger partial charge in [-0.2, -0.15) is 0 Å². The molecule has 0 spiro atoms. The number of hydrogen-bond donors (Lipinski definition) is 1. The molecule has 0 saturated carbocycles. The highest BCUT2D eigenvalue weighted by Crippen LogP contribution is 2.41. The van der Waals surface area contributed by atoms with Gasteiger partial charge in [0.2, 0.25) is 0 Å². The summed E-state index contributed by atoms with van der Waals surface area (Å²) in [6, 6.07) is 1.20. The van der Waals surface area contributed by atoms with Gasteiger partial charge in [-0.25, -0.2) is 0 Å². The van der Waals surface area contributed by atoms with E-state index in [-0.39, 0.29) is 5.41 Å². The van der Waals surface area contributed by atoms with Crippen molar-refractivity contribution >= 4 is 6.21 Å². The Kier molecular flexibility index (Phi) is 4.12. The van der Waals surface area contributed by atoms with Crippen LogP contribution in [0, 0.1) is 5.41 Å². The largest absolute Gasteiger partial charge is 0.298 e. The molecule has 2 aliphatic heterocycles. The lowest BCUT2D eigenvalue weighted by Crippen LogP contribution is -2.73. The Morgan fingerprint density at radius 1 is 1.11 bits per heavy atom. The van der Waals surface area contributed by atoms with Crippen molar-refractivity contribution in [1.29, 1.82) is 0 Å². The van der Waals surface area contributed by atoms with Crippen LogP contribution in [-0.2, 0) is 0 Å². The Morgan fingerprint density at radius 3 is 2.33 bits per heavy atom. The quantitative estimate of drug-likeness (QED) is 0.831. The van der Waals surface area contributed by atoms with Gasteiger partial charge >= 0.3 is 0 Å². The van der Waals surface area contributed by atoms with E-state index in [9.17, 15) is 0 Å². The summed E-state index contributed by atoms with van der Waals surface area (Å²) in [4.78, 5) is 7.50. The number of fused-ring (bicyclic) bond motifs is 2. The summed E-state index contributed by atoms with van der Waals surface area (Å²) >= 11 is 0. The van der Waals surface area contributed by atoms with E-state index in [4.69, 9.17) is 4.99 Å². The van der Waals surface area contributed by atoms with Crippen molar-refractivity contribution in [3.63, 3.8) is 0 Å². The molecule has 0 aliphatic carbocycles. The fraction of sp³-hybridized carbons (Fsp3) is 0.933. The summed E-state index contributed by atoms with van der Waals surface area (Å²) in [6.45, 7) is 11.5. The second kappa shape index (κ2) is 5.30. The molecule has 2 rings (SSSR count). The average Bonchev–Trinajstić information content (AvgIpc) is 2.39. The highest BCUT2D eigenvalue weighted by atomic mass is 15.4. The number of aliphatic imine (C=N–C) groups is 1. The molecule has 2 aliphatic rings. The van der Waals surface area contributed by atoms with E-state index in [0.717, 1.165) is 12.8 Å². The number of nitrogens with one attached hydrogen (secondary N) is 1. The van der Waals surface area contributed by atoms with Crippen molar-refractivity contribution in [2.24, 2.45) is 10.4 Å². The lowest BCUT2D eigenvalue weighted by atomic mass is 9.70. The van der Waals surface area contributed by atoms with Crippen LogP contribution in [0.15, 0.2) is 4.99 Å². The van der Waals surface area contributed by atoms with Crippen LogP contribution < -0.4 is 5.32 Å². The second-order valence-electron chi connectivity index (χ2n) is 5.96. The minimum absolute atomic E-state index is 0.195. The van der Waals surface area contributed by atoms with Crippen LogP contribution >= 0.6 is 0 Å². The van der Waals surface area contributed by atoms with Gasteiger partial charge in [0.25, 0.3) is 0 Å². The molecule has 2 heterocycles. The van der Waals surface area contributed by atoms with Crippen LogP contribution in [0.1, 0.15) is 60.3 Å². The molecule has 2 bridgehead atoms. The molecule has 1 fully saturated rings. The van der Waals surface area contributed by atoms with Crippen molar-refractivity contribution in [2.75, 3.05) is 0 Å². The summed E-state index contributed by atoms with van der Waals surface area (Å²) in [5.74, 6) is 0. The van der Waals surface area contributed by atoms with E-state index in [1.54, 1.807) is 0 Å². The maximum Gasteiger partial charge on any atom is 0.103 e. The average molecular weight is 251 g/mol. The highest BCUT2D eigenvalue weighted by molar-refractivity contribution is 5.69. The van der Waals surface area contributed by atoms with Crippen molar-refractivity contribution < 1.29 is 0 Å². The van der Waals surface area contributed by atoms with Crippen LogP contribution in [0.4, 0.5) is 0 Å². The molecular weight excluding hydrogens is 222 g/mol. The molecule has 0 amide bonds. The van der Waals surface area contributed by atoms with E-state index in [0.29, 0.717) is 24.4 Å². The van der Waals surface area contributed by atoms with Gasteiger partial charge in [-0.3, -0.25) is 15.2 Å². The van der Waals surface area contributed by atoms with Crippen molar-refractivity contribution in [3.05, 3.63) is 0 Å². The molecule has 104 valence electrons. The third-order valence-electron chi connectivity index (χ3n) is 5.00. The van der Waals surface area contributed by atoms with E-state index < -0.39 is 0 Å². The SMILES string of the molecule is CCC1N=CC2(C)C(CC)NC(CC)N1C2CC. The van der Waals surface area contributed by atoms with Crippen molar-refractivity contribution in [1.82, 2.24) is 10.2 Å². The van der Waals surface area contributed by atoms with Gasteiger partial charge in [-0.15, -0.1) is 0 Å². The maximum absolute atomic E-state index is 4.86. The monoisotopic (exact) mass is 251 g/mol. The van der Waals surface area contributed by atoms with E-state index in [2.05, 4.69) is 51.0 Å². The van der Waals surface area contributed by atoms with Gasteiger partial charge in [0.15, 0.2) is 0 Å². The minimum Gasteiger partial charge on any atom is -0.298 e. The molecule has 0 radical (unpaired) electrons. The van der Waals surface area contributed by atoms with Gasteiger partial charge in [0.05, 0.1) is 6.17 Å². The highest BCUT2D eigenvalue weighted by Gasteiger charge is 2.51. The smallest absolute Gasteiger partial charge is 0.103 e. The first-order valence-corrected chi connectivity index (χ1v) is 7.70. The fourth-order valence-electron chi connectivity index (χ4n) is 4.04. The topological polar surface area (TPSA) is 27.6 Å². The zero-order chi connectivity index (χ0) is 13.3. The molecule has 3 nitrogen and oxygen atoms in total. The third-order valence-corrected chi connectivity index (χ3v) is 5.00. The Labute approximate surface area is 112 Å². The third kappa shape index (κ3) is 1.92. The first-order valence-electron chi connectivity index (χ1n) is 7.70. The molecule has 18 heavy (non-hydrogen) atoms. The second-order valence-corrected chi connectivity index (χ2v) is 5.96. The van der Waals surface area contributed by atoms with Gasteiger partial charge in [-0.05, 0) is 25.7 Å². The fourth-order valence-corrected chi connectivity index (χ4v) is 4.04. The number of hydrogen-bond acceptors (Lipinski definition) is 3. The first kappa shape index (κ1) is 14.0. The molecule has 1 N–H and O–H groups in total. The summed E-state index contributed by atoms with van der Waals surface area (Å²) in [7, 11) is 0. The first-order chi connectivity index (χ1) is 8.62. The lowest BCUT2D eigenvalue weighted by Gasteiger charge is -2.59. The van der Waals surface area contributed by atoms with Crippen LogP contribution in [0.2, 0.25) is 0 Å². The Balaban J connectivity index is 2.41. The molecular formula is C15H29N3. The zero-order valence-corrected chi connectivity index (χ0v) is 12.6. The van der Waals surface area contributed by atoms with E-state index in [1.807, 2.05) is 0 Å². The molecule has 0 aromatic carbocycles. The van der Waals surface area contributed by atoms with Crippen LogP contribution in [0.25, 0.3) is 0 Å². The summed E-state index contributed by atoms with van der Waals surface area (Å²) in [5, 5.41) is 3.86. The van der Waals surface area contributed by atoms with Crippen LogP contribution in [0.5, 0.6) is 0 Å². The molecule has 0 aromatic heterocycles. The standard InChI is InChI=1S/C15H29N3/c1-6-11-15(5)10-16-13(8-3)18(12(15)7-2)14(9-4)17-11/h10-14,17H,6-9H2,1-5H3. The molecule has 1 saturated heterocycles. The zero-order valence-electron chi connectivity index (χ0n) is 12.6. The van der Waals surface area contributed by atoms with Crippen LogP contribution in [-0.4, -0.2) is 35.5 Å². The summed E-state index contributed by atoms with van der Waals surface area (Å²) < 4.78 is 0. The predicted molar refractivity (Wildman–Crippen MR) is 77.9 cm³/mol. The summed E-state index contributed by atoms with van der Waals surface area (Å²) in [5.41, 5.74) is 0.195. The van der Waals surface area contributed by atoms with Crippen LogP contribution in [0.3, 0.4) is 0 Å². The van der Waals surface area contributed by atoms with Crippen molar-refractivity contribution in [2.45, 2.75) is 84.7 Å². The number of rotatable bonds is 4. The molecule has 0 aromatic rings. The summed E-state index contributed by atoms with van der Waals surface area (Å²) in [6.07, 6.45) is 7.80. The maximum atomic E-state index is 4.86. The normalized spacial score (nSPS) is 47.3. The van der Waals surface area contributed by atoms with E-state index >= 15 is 0 Å². The Hall–Kier alpha value is -0.410. The van der Waals surface area contributed by atoms with Crippen molar-refractivity contribution in [3.8, 4) is 0 Å². The van der Waals surface area contributed by atoms with Gasteiger partial charge in [0, 0.05) is 23.7 Å². The molecule has 3 heteroatoms.